The van der Waals surface area contributed by atoms with Crippen LogP contribution in [0.25, 0.3) is 0 Å². The quantitative estimate of drug-likeness (QED) is 0.133. The van der Waals surface area contributed by atoms with Crippen molar-refractivity contribution < 1.29 is 19.1 Å². The van der Waals surface area contributed by atoms with Gasteiger partial charge in [0.05, 0.1) is 24.7 Å². The van der Waals surface area contributed by atoms with E-state index in [1.807, 2.05) is 19.2 Å². The van der Waals surface area contributed by atoms with Crippen LogP contribution in [-0.4, -0.2) is 50.8 Å². The van der Waals surface area contributed by atoms with Crippen LogP contribution in [-0.2, 0) is 19.1 Å². The molecule has 0 aliphatic carbocycles. The summed E-state index contributed by atoms with van der Waals surface area (Å²) in [7, 11) is 1.84. The standard InChI is InChI=1S/C28H50N2O4/c1-3-4-5-6-7-8-9-10-11-12-13-14-15-16-17-22-33-28(32)26-24-19-18-23(34-24)25(26)27(31)30-21-20-29-2/h18-19,23-26,29H,3-17,20-22H2,1-2H3,(H,30,31). The Kier molecular flexibility index (Phi) is 15.2. The van der Waals surface area contributed by atoms with Gasteiger partial charge >= 0.3 is 5.97 Å². The highest BCUT2D eigenvalue weighted by Crippen LogP contribution is 2.40. The minimum Gasteiger partial charge on any atom is -0.465 e. The molecule has 0 spiro atoms. The molecule has 2 bridgehead atoms. The molecule has 196 valence electrons. The second-order valence-corrected chi connectivity index (χ2v) is 10.0. The van der Waals surface area contributed by atoms with E-state index >= 15 is 0 Å². The average Bonchev–Trinajstić information content (AvgIpc) is 3.46. The smallest absolute Gasteiger partial charge is 0.312 e. The summed E-state index contributed by atoms with van der Waals surface area (Å²) in [6, 6.07) is 0. The molecule has 4 atom stereocenters. The maximum atomic E-state index is 12.7. The lowest BCUT2D eigenvalue weighted by Crippen LogP contribution is -2.44. The van der Waals surface area contributed by atoms with Crippen LogP contribution in [0.15, 0.2) is 12.2 Å². The van der Waals surface area contributed by atoms with Gasteiger partial charge in [-0.25, -0.2) is 0 Å². The number of rotatable bonds is 21. The van der Waals surface area contributed by atoms with Crippen LogP contribution in [0.5, 0.6) is 0 Å². The number of hydrogen-bond donors (Lipinski definition) is 2. The topological polar surface area (TPSA) is 76.7 Å². The first-order valence-electron chi connectivity index (χ1n) is 14.1. The lowest BCUT2D eigenvalue weighted by Gasteiger charge is -2.23. The molecule has 1 saturated heterocycles. The van der Waals surface area contributed by atoms with E-state index in [4.69, 9.17) is 9.47 Å². The van der Waals surface area contributed by atoms with Crippen LogP contribution in [0.3, 0.4) is 0 Å². The molecule has 1 amide bonds. The van der Waals surface area contributed by atoms with Crippen LogP contribution in [0.2, 0.25) is 0 Å². The second kappa shape index (κ2) is 18.0. The highest BCUT2D eigenvalue weighted by atomic mass is 16.5. The molecule has 0 radical (unpaired) electrons. The van der Waals surface area contributed by atoms with Gasteiger partial charge in [0.25, 0.3) is 0 Å². The number of esters is 1. The predicted molar refractivity (Wildman–Crippen MR) is 138 cm³/mol. The van der Waals surface area contributed by atoms with Gasteiger partial charge in [0.1, 0.15) is 5.92 Å². The van der Waals surface area contributed by atoms with Crippen molar-refractivity contribution in [2.75, 3.05) is 26.7 Å². The van der Waals surface area contributed by atoms with Crippen LogP contribution in [0.4, 0.5) is 0 Å². The minimum atomic E-state index is -0.527. The first-order chi connectivity index (χ1) is 16.7. The molecule has 2 N–H and O–H groups in total. The minimum absolute atomic E-state index is 0.124. The molecule has 0 aromatic heterocycles. The number of ether oxygens (including phenoxy) is 2. The summed E-state index contributed by atoms with van der Waals surface area (Å²) in [6.45, 7) is 3.93. The van der Waals surface area contributed by atoms with E-state index in [2.05, 4.69) is 17.6 Å². The normalized spacial score (nSPS) is 22.9. The Bertz CT molecular complexity index is 595. The Morgan fingerprint density at radius 2 is 1.24 bits per heavy atom. The average molecular weight is 479 g/mol. The number of carbonyl (C=O) groups excluding carboxylic acids is 2. The predicted octanol–water partition coefficient (Wildman–Crippen LogP) is 5.31. The fourth-order valence-electron chi connectivity index (χ4n) is 5.07. The van der Waals surface area contributed by atoms with E-state index in [0.29, 0.717) is 19.7 Å². The van der Waals surface area contributed by atoms with Crippen molar-refractivity contribution in [3.8, 4) is 0 Å². The number of fused-ring (bicyclic) bond motifs is 2. The van der Waals surface area contributed by atoms with E-state index in [9.17, 15) is 9.59 Å². The molecule has 34 heavy (non-hydrogen) atoms. The highest BCUT2D eigenvalue weighted by molar-refractivity contribution is 5.88. The van der Waals surface area contributed by atoms with Gasteiger partial charge in [-0.1, -0.05) is 109 Å². The van der Waals surface area contributed by atoms with Gasteiger partial charge in [-0.3, -0.25) is 9.59 Å². The molecule has 6 heteroatoms. The third-order valence-corrected chi connectivity index (χ3v) is 7.14. The number of carbonyl (C=O) groups is 2. The number of unbranched alkanes of at least 4 members (excludes halogenated alkanes) is 14. The Labute approximate surface area is 208 Å². The van der Waals surface area contributed by atoms with Crippen molar-refractivity contribution >= 4 is 11.9 Å². The van der Waals surface area contributed by atoms with Crippen molar-refractivity contribution in [1.29, 1.82) is 0 Å². The fourth-order valence-corrected chi connectivity index (χ4v) is 5.07. The SMILES string of the molecule is CCCCCCCCCCCCCCCCCOC(=O)C1C2C=CC(O2)C1C(=O)NCCNC. The van der Waals surface area contributed by atoms with E-state index in [1.54, 1.807) is 0 Å². The van der Waals surface area contributed by atoms with Crippen LogP contribution in [0, 0.1) is 11.8 Å². The van der Waals surface area contributed by atoms with Gasteiger partial charge in [-0.2, -0.15) is 0 Å². The van der Waals surface area contributed by atoms with Crippen molar-refractivity contribution in [3.63, 3.8) is 0 Å². The molecule has 2 aliphatic heterocycles. The van der Waals surface area contributed by atoms with Gasteiger partial charge in [0, 0.05) is 13.1 Å². The van der Waals surface area contributed by atoms with E-state index in [0.717, 1.165) is 12.8 Å². The zero-order valence-electron chi connectivity index (χ0n) is 21.8. The molecule has 0 aromatic rings. The summed E-state index contributed by atoms with van der Waals surface area (Å²) in [5, 5.41) is 5.90. The molecule has 2 heterocycles. The third-order valence-electron chi connectivity index (χ3n) is 7.14. The Morgan fingerprint density at radius 1 is 0.735 bits per heavy atom. The van der Waals surface area contributed by atoms with E-state index in [1.165, 1.54) is 83.5 Å². The summed E-state index contributed by atoms with van der Waals surface area (Å²) in [5.74, 6) is -1.43. The lowest BCUT2D eigenvalue weighted by atomic mass is 9.82. The number of nitrogens with one attached hydrogen (secondary N) is 2. The largest absolute Gasteiger partial charge is 0.465 e. The molecule has 2 aliphatic rings. The number of likely N-dealkylation sites (N-methyl/N-ethyl adjacent to an activating group) is 1. The molecule has 0 aromatic carbocycles. The van der Waals surface area contributed by atoms with Crippen molar-refractivity contribution in [1.82, 2.24) is 10.6 Å². The van der Waals surface area contributed by atoms with Gasteiger partial charge < -0.3 is 20.1 Å². The summed E-state index contributed by atoms with van der Waals surface area (Å²) in [6.07, 6.45) is 22.8. The number of hydrogen-bond acceptors (Lipinski definition) is 5. The third kappa shape index (κ3) is 10.5. The molecule has 0 saturated carbocycles. The summed E-state index contributed by atoms with van der Waals surface area (Å²) < 4.78 is 11.3. The lowest BCUT2D eigenvalue weighted by molar-refractivity contribution is -0.153. The first kappa shape index (κ1) is 28.8. The summed E-state index contributed by atoms with van der Waals surface area (Å²) in [5.41, 5.74) is 0. The van der Waals surface area contributed by atoms with E-state index < -0.39 is 11.8 Å². The second-order valence-electron chi connectivity index (χ2n) is 10.0. The molecule has 6 nitrogen and oxygen atoms in total. The van der Waals surface area contributed by atoms with Crippen LogP contribution in [0.1, 0.15) is 103 Å². The summed E-state index contributed by atoms with van der Waals surface area (Å²) >= 11 is 0. The zero-order valence-corrected chi connectivity index (χ0v) is 21.8. The van der Waals surface area contributed by atoms with Gasteiger partial charge in [-0.05, 0) is 13.5 Å². The van der Waals surface area contributed by atoms with E-state index in [-0.39, 0.29) is 24.1 Å². The Hall–Kier alpha value is -1.40. The van der Waals surface area contributed by atoms with Crippen molar-refractivity contribution in [2.45, 2.75) is 115 Å². The molecule has 2 rings (SSSR count). The Balaban J connectivity index is 1.45. The van der Waals surface area contributed by atoms with Crippen molar-refractivity contribution in [3.05, 3.63) is 12.2 Å². The zero-order chi connectivity index (χ0) is 24.4. The van der Waals surface area contributed by atoms with Gasteiger partial charge in [0.15, 0.2) is 0 Å². The monoisotopic (exact) mass is 478 g/mol. The first-order valence-corrected chi connectivity index (χ1v) is 14.1. The van der Waals surface area contributed by atoms with Gasteiger partial charge in [-0.15, -0.1) is 0 Å². The van der Waals surface area contributed by atoms with Crippen LogP contribution < -0.4 is 10.6 Å². The highest BCUT2D eigenvalue weighted by Gasteiger charge is 2.53. The molecule has 4 unspecified atom stereocenters. The van der Waals surface area contributed by atoms with Crippen molar-refractivity contribution in [2.24, 2.45) is 11.8 Å². The summed E-state index contributed by atoms with van der Waals surface area (Å²) in [4.78, 5) is 25.3. The molecule has 1 fully saturated rings. The molecular weight excluding hydrogens is 428 g/mol. The Morgan fingerprint density at radius 3 is 1.76 bits per heavy atom. The molecular formula is C28H50N2O4. The maximum absolute atomic E-state index is 12.7. The van der Waals surface area contributed by atoms with Gasteiger partial charge in [0.2, 0.25) is 5.91 Å². The maximum Gasteiger partial charge on any atom is 0.312 e. The fraction of sp³-hybridized carbons (Fsp3) is 0.857. The van der Waals surface area contributed by atoms with Crippen LogP contribution >= 0.6 is 0 Å². The number of amides is 1.